The molecule has 0 heterocycles. The van der Waals surface area contributed by atoms with E-state index in [4.69, 9.17) is 0 Å². The minimum absolute atomic E-state index is 0.141. The molecule has 4 rings (SSSR count). The van der Waals surface area contributed by atoms with Crippen LogP contribution in [0.4, 0.5) is 17.6 Å². The van der Waals surface area contributed by atoms with Crippen molar-refractivity contribution in [1.82, 2.24) is 0 Å². The molecule has 3 aromatic rings. The molecule has 168 valence electrons. The summed E-state index contributed by atoms with van der Waals surface area (Å²) in [4.78, 5) is 0. The minimum atomic E-state index is -1.49. The fourth-order valence-corrected chi connectivity index (χ4v) is 4.06. The van der Waals surface area contributed by atoms with Gasteiger partial charge < -0.3 is 0 Å². The van der Waals surface area contributed by atoms with Crippen LogP contribution in [0.25, 0.3) is 22.3 Å². The van der Waals surface area contributed by atoms with Crippen LogP contribution in [0.15, 0.2) is 102 Å². The molecule has 33 heavy (non-hydrogen) atoms. The van der Waals surface area contributed by atoms with E-state index in [-0.39, 0.29) is 5.56 Å². The quantitative estimate of drug-likeness (QED) is 0.260. The first-order chi connectivity index (χ1) is 16.0. The lowest BCUT2D eigenvalue weighted by Gasteiger charge is -2.18. The maximum absolute atomic E-state index is 14.8. The number of allylic oxidation sites excluding steroid dienone is 6. The standard InChI is InChI=1S/C29H24F4/c1-2-3-4-5-19-6-8-20(9-7-19)21-10-12-22(13-11-21)23-14-15-25(26(30)16-23)24-17-27(31)29(33)28(32)18-24/h2-3,6-17,24H,4-5,18H2,1H3/b3-2+. The molecule has 0 aromatic heterocycles. The molecule has 1 aliphatic carbocycles. The molecule has 0 saturated heterocycles. The van der Waals surface area contributed by atoms with E-state index in [1.165, 1.54) is 17.7 Å². The van der Waals surface area contributed by atoms with Crippen LogP contribution in [0.3, 0.4) is 0 Å². The lowest BCUT2D eigenvalue weighted by Crippen LogP contribution is -2.05. The molecular weight excluding hydrogens is 424 g/mol. The van der Waals surface area contributed by atoms with Gasteiger partial charge in [-0.1, -0.05) is 72.8 Å². The van der Waals surface area contributed by atoms with Crippen molar-refractivity contribution in [3.8, 4) is 22.3 Å². The molecule has 0 nitrogen and oxygen atoms in total. The molecule has 0 fully saturated rings. The molecule has 4 heteroatoms. The minimum Gasteiger partial charge on any atom is -0.208 e. The number of hydrogen-bond acceptors (Lipinski definition) is 0. The van der Waals surface area contributed by atoms with Gasteiger partial charge in [-0.15, -0.1) is 0 Å². The van der Waals surface area contributed by atoms with Gasteiger partial charge >= 0.3 is 0 Å². The zero-order valence-electron chi connectivity index (χ0n) is 18.3. The van der Waals surface area contributed by atoms with Crippen molar-refractivity contribution in [2.24, 2.45) is 0 Å². The zero-order valence-corrected chi connectivity index (χ0v) is 18.3. The van der Waals surface area contributed by atoms with Gasteiger partial charge in [-0.25, -0.2) is 17.6 Å². The van der Waals surface area contributed by atoms with Crippen LogP contribution in [-0.2, 0) is 6.42 Å². The highest BCUT2D eigenvalue weighted by Crippen LogP contribution is 2.38. The Morgan fingerprint density at radius 2 is 1.36 bits per heavy atom. The summed E-state index contributed by atoms with van der Waals surface area (Å²) in [6.45, 7) is 2.02. The molecule has 1 aliphatic rings. The maximum Gasteiger partial charge on any atom is 0.189 e. The molecule has 0 radical (unpaired) electrons. The SMILES string of the molecule is C/C=C/CCc1ccc(-c2ccc(-c3ccc(C4C=C(F)C(F)=C(F)C4)c(F)c3)cc2)cc1. The predicted octanol–water partition coefficient (Wildman–Crippen LogP) is 9.16. The van der Waals surface area contributed by atoms with E-state index in [2.05, 4.69) is 36.4 Å². The Morgan fingerprint density at radius 1 is 0.788 bits per heavy atom. The van der Waals surface area contributed by atoms with E-state index in [0.29, 0.717) is 5.56 Å². The largest absolute Gasteiger partial charge is 0.208 e. The first-order valence-corrected chi connectivity index (χ1v) is 11.0. The van der Waals surface area contributed by atoms with Crippen LogP contribution in [0.1, 0.15) is 36.8 Å². The summed E-state index contributed by atoms with van der Waals surface area (Å²) >= 11 is 0. The number of rotatable bonds is 6. The third kappa shape index (κ3) is 5.16. The first-order valence-electron chi connectivity index (χ1n) is 11.0. The van der Waals surface area contributed by atoms with Crippen LogP contribution in [0.2, 0.25) is 0 Å². The summed E-state index contributed by atoms with van der Waals surface area (Å²) < 4.78 is 55.2. The summed E-state index contributed by atoms with van der Waals surface area (Å²) in [6, 6.07) is 20.8. The van der Waals surface area contributed by atoms with Crippen LogP contribution in [0, 0.1) is 5.82 Å². The van der Waals surface area contributed by atoms with Crippen LogP contribution in [-0.4, -0.2) is 0 Å². The van der Waals surface area contributed by atoms with E-state index in [1.807, 2.05) is 31.2 Å². The average molecular weight is 449 g/mol. The van der Waals surface area contributed by atoms with E-state index in [0.717, 1.165) is 35.6 Å². The Morgan fingerprint density at radius 3 is 1.94 bits per heavy atom. The second-order valence-corrected chi connectivity index (χ2v) is 8.16. The molecule has 0 N–H and O–H groups in total. The molecule has 1 unspecified atom stereocenters. The monoisotopic (exact) mass is 448 g/mol. The second kappa shape index (κ2) is 10.0. The van der Waals surface area contributed by atoms with Gasteiger partial charge in [-0.05, 0) is 65.3 Å². The summed E-state index contributed by atoms with van der Waals surface area (Å²) in [6.07, 6.45) is 6.78. The van der Waals surface area contributed by atoms with Gasteiger partial charge in [0.25, 0.3) is 0 Å². The Balaban J connectivity index is 1.50. The van der Waals surface area contributed by atoms with Gasteiger partial charge in [0.05, 0.1) is 0 Å². The Kier molecular flexibility index (Phi) is 6.93. The van der Waals surface area contributed by atoms with Gasteiger partial charge in [0, 0.05) is 12.3 Å². The van der Waals surface area contributed by atoms with Crippen molar-refractivity contribution in [1.29, 1.82) is 0 Å². The lowest BCUT2D eigenvalue weighted by molar-refractivity contribution is 0.445. The van der Waals surface area contributed by atoms with Crippen molar-refractivity contribution >= 4 is 0 Å². The maximum atomic E-state index is 14.8. The molecular formula is C29H24F4. The first kappa shape index (κ1) is 22.8. The Labute approximate surface area is 191 Å². The molecule has 1 atom stereocenters. The van der Waals surface area contributed by atoms with Gasteiger partial charge in [0.15, 0.2) is 11.7 Å². The summed E-state index contributed by atoms with van der Waals surface area (Å²) in [5.41, 5.74) is 5.08. The normalized spacial score (nSPS) is 16.4. The van der Waals surface area contributed by atoms with Crippen LogP contribution in [0.5, 0.6) is 0 Å². The number of halogens is 4. The highest BCUT2D eigenvalue weighted by molar-refractivity contribution is 5.70. The van der Waals surface area contributed by atoms with Crippen LogP contribution < -0.4 is 0 Å². The van der Waals surface area contributed by atoms with Crippen molar-refractivity contribution in [2.75, 3.05) is 0 Å². The molecule has 0 aliphatic heterocycles. The van der Waals surface area contributed by atoms with Gasteiger partial charge in [0.1, 0.15) is 11.6 Å². The smallest absolute Gasteiger partial charge is 0.189 e. The number of aryl methyl sites for hydroxylation is 1. The van der Waals surface area contributed by atoms with Gasteiger partial charge in [-0.2, -0.15) is 0 Å². The second-order valence-electron chi connectivity index (χ2n) is 8.16. The van der Waals surface area contributed by atoms with Crippen molar-refractivity contribution in [2.45, 2.75) is 32.1 Å². The van der Waals surface area contributed by atoms with E-state index in [1.54, 1.807) is 6.07 Å². The molecule has 0 spiro atoms. The van der Waals surface area contributed by atoms with Gasteiger partial charge in [-0.3, -0.25) is 0 Å². The molecule has 0 saturated carbocycles. The van der Waals surface area contributed by atoms with Crippen molar-refractivity contribution in [3.63, 3.8) is 0 Å². The Hall–Kier alpha value is -3.40. The fraction of sp³-hybridized carbons (Fsp3) is 0.172. The fourth-order valence-electron chi connectivity index (χ4n) is 4.06. The predicted molar refractivity (Wildman–Crippen MR) is 126 cm³/mol. The number of benzene rings is 3. The van der Waals surface area contributed by atoms with Crippen molar-refractivity contribution in [3.05, 3.63) is 119 Å². The average Bonchev–Trinajstić information content (AvgIpc) is 2.83. The van der Waals surface area contributed by atoms with E-state index in [9.17, 15) is 17.6 Å². The highest BCUT2D eigenvalue weighted by atomic mass is 19.2. The summed E-state index contributed by atoms with van der Waals surface area (Å²) in [7, 11) is 0. The number of hydrogen-bond donors (Lipinski definition) is 0. The topological polar surface area (TPSA) is 0 Å². The van der Waals surface area contributed by atoms with E-state index < -0.39 is 35.6 Å². The van der Waals surface area contributed by atoms with Crippen molar-refractivity contribution < 1.29 is 17.6 Å². The third-order valence-electron chi connectivity index (χ3n) is 5.94. The molecule has 0 bridgehead atoms. The molecule has 0 amide bonds. The lowest BCUT2D eigenvalue weighted by atomic mass is 9.89. The zero-order chi connectivity index (χ0) is 23.4. The van der Waals surface area contributed by atoms with Crippen LogP contribution >= 0.6 is 0 Å². The molecule has 3 aromatic carbocycles. The third-order valence-corrected chi connectivity index (χ3v) is 5.94. The highest BCUT2D eigenvalue weighted by Gasteiger charge is 2.26. The summed E-state index contributed by atoms with van der Waals surface area (Å²) in [5.74, 6) is -5.42. The summed E-state index contributed by atoms with van der Waals surface area (Å²) in [5, 5.41) is 0. The van der Waals surface area contributed by atoms with Gasteiger partial charge in [0.2, 0.25) is 0 Å². The Bertz CT molecular complexity index is 1220. The van der Waals surface area contributed by atoms with E-state index >= 15 is 0 Å².